The molecule has 1 heterocycles. The molecule has 0 saturated carbocycles. The van der Waals surface area contributed by atoms with E-state index in [0.717, 1.165) is 12.2 Å². The van der Waals surface area contributed by atoms with Gasteiger partial charge in [-0.3, -0.25) is 0 Å². The number of anilines is 1. The summed E-state index contributed by atoms with van der Waals surface area (Å²) in [6.07, 6.45) is -1.45. The topological polar surface area (TPSA) is 41.6 Å². The molecule has 1 unspecified atom stereocenters. The number of carbonyl (C=O) groups excluding carboxylic acids is 1. The number of hydrogen-bond donors (Lipinski definition) is 1. The molecule has 1 atom stereocenters. The molecule has 128 valence electrons. The molecule has 0 bridgehead atoms. The summed E-state index contributed by atoms with van der Waals surface area (Å²) in [7, 11) is 0. The second kappa shape index (κ2) is 7.81. The molecule has 0 radical (unpaired) electrons. The fraction of sp³-hybridized carbons (Fsp3) is 0.533. The van der Waals surface area contributed by atoms with Crippen molar-refractivity contribution in [1.29, 1.82) is 0 Å². The standard InChI is InChI=1S/C15H19F3N2O2S/c1-23-9-11-6-7-20(8-11)14(21)19-12-4-2-3-5-13(12)22-10-15(16,17)18/h2-5,11H,6-10H2,1H3,(H,19,21). The smallest absolute Gasteiger partial charge is 0.422 e. The van der Waals surface area contributed by atoms with E-state index in [1.807, 2.05) is 6.26 Å². The third-order valence-electron chi connectivity index (χ3n) is 3.50. The summed E-state index contributed by atoms with van der Waals surface area (Å²) in [6.45, 7) is -0.0692. The Bertz CT molecular complexity index is 540. The first kappa shape index (κ1) is 17.8. The molecule has 23 heavy (non-hydrogen) atoms. The minimum atomic E-state index is -4.42. The van der Waals surface area contributed by atoms with Crippen molar-refractivity contribution >= 4 is 23.5 Å². The van der Waals surface area contributed by atoms with Crippen LogP contribution in [0.4, 0.5) is 23.7 Å². The highest BCUT2D eigenvalue weighted by atomic mass is 32.2. The fourth-order valence-corrected chi connectivity index (χ4v) is 3.18. The van der Waals surface area contributed by atoms with E-state index in [0.29, 0.717) is 19.0 Å². The van der Waals surface area contributed by atoms with Crippen LogP contribution in [-0.2, 0) is 0 Å². The van der Waals surface area contributed by atoms with Crippen LogP contribution in [0.1, 0.15) is 6.42 Å². The number of urea groups is 1. The van der Waals surface area contributed by atoms with Crippen molar-refractivity contribution in [1.82, 2.24) is 4.90 Å². The minimum absolute atomic E-state index is 0.0121. The van der Waals surface area contributed by atoms with Crippen LogP contribution in [-0.4, -0.2) is 48.8 Å². The molecule has 0 spiro atoms. The average molecular weight is 348 g/mol. The van der Waals surface area contributed by atoms with Gasteiger partial charge in [0.2, 0.25) is 0 Å². The van der Waals surface area contributed by atoms with Gasteiger partial charge in [0, 0.05) is 13.1 Å². The number of amides is 2. The number of para-hydroxylation sites is 2. The zero-order chi connectivity index (χ0) is 16.9. The molecule has 1 aromatic rings. The molecule has 0 aromatic heterocycles. The number of nitrogens with zero attached hydrogens (tertiary/aromatic N) is 1. The largest absolute Gasteiger partial charge is 0.482 e. The summed E-state index contributed by atoms with van der Waals surface area (Å²) in [4.78, 5) is 13.9. The number of alkyl halides is 3. The van der Waals surface area contributed by atoms with Crippen LogP contribution < -0.4 is 10.1 Å². The number of hydrogen-bond acceptors (Lipinski definition) is 3. The lowest BCUT2D eigenvalue weighted by molar-refractivity contribution is -0.153. The molecule has 1 N–H and O–H groups in total. The van der Waals surface area contributed by atoms with E-state index < -0.39 is 12.8 Å². The summed E-state index contributed by atoms with van der Waals surface area (Å²) < 4.78 is 41.6. The molecular formula is C15H19F3N2O2S. The van der Waals surface area contributed by atoms with Crippen LogP contribution in [0.2, 0.25) is 0 Å². The first-order valence-electron chi connectivity index (χ1n) is 7.22. The lowest BCUT2D eigenvalue weighted by atomic mass is 10.2. The summed E-state index contributed by atoms with van der Waals surface area (Å²) >= 11 is 1.74. The Hall–Kier alpha value is -1.57. The molecule has 8 heteroatoms. The van der Waals surface area contributed by atoms with Crippen molar-refractivity contribution in [2.75, 3.05) is 37.0 Å². The van der Waals surface area contributed by atoms with Crippen molar-refractivity contribution in [2.45, 2.75) is 12.6 Å². The number of thioether (sulfide) groups is 1. The monoisotopic (exact) mass is 348 g/mol. The molecule has 4 nitrogen and oxygen atoms in total. The lowest BCUT2D eigenvalue weighted by Gasteiger charge is -2.19. The van der Waals surface area contributed by atoms with Crippen LogP contribution in [0.5, 0.6) is 5.75 Å². The van der Waals surface area contributed by atoms with E-state index in [-0.39, 0.29) is 17.5 Å². The van der Waals surface area contributed by atoms with Gasteiger partial charge < -0.3 is 15.0 Å². The number of ether oxygens (including phenoxy) is 1. The summed E-state index contributed by atoms with van der Waals surface area (Å²) in [6, 6.07) is 5.82. The number of nitrogens with one attached hydrogen (secondary N) is 1. The molecule has 1 aliphatic heterocycles. The van der Waals surface area contributed by atoms with Crippen molar-refractivity contribution in [3.05, 3.63) is 24.3 Å². The number of halogens is 3. The summed E-state index contributed by atoms with van der Waals surface area (Å²) in [5.41, 5.74) is 0.245. The van der Waals surface area contributed by atoms with Gasteiger partial charge in [-0.1, -0.05) is 12.1 Å². The summed E-state index contributed by atoms with van der Waals surface area (Å²) in [5.74, 6) is 1.47. The Morgan fingerprint density at radius 1 is 1.43 bits per heavy atom. The predicted molar refractivity (Wildman–Crippen MR) is 85.1 cm³/mol. The van der Waals surface area contributed by atoms with E-state index in [2.05, 4.69) is 5.32 Å². The number of benzene rings is 1. The van der Waals surface area contributed by atoms with Crippen molar-refractivity contribution in [3.63, 3.8) is 0 Å². The van der Waals surface area contributed by atoms with Gasteiger partial charge in [0.15, 0.2) is 6.61 Å². The SMILES string of the molecule is CSCC1CCN(C(=O)Nc2ccccc2OCC(F)(F)F)C1. The Kier molecular flexibility index (Phi) is 6.04. The van der Waals surface area contributed by atoms with Gasteiger partial charge in [-0.15, -0.1) is 0 Å². The summed E-state index contributed by atoms with van der Waals surface area (Å²) in [5, 5.41) is 2.64. The second-order valence-electron chi connectivity index (χ2n) is 5.39. The van der Waals surface area contributed by atoms with Crippen molar-refractivity contribution < 1.29 is 22.7 Å². The number of likely N-dealkylation sites (tertiary alicyclic amines) is 1. The van der Waals surface area contributed by atoms with Gasteiger partial charge in [0.05, 0.1) is 5.69 Å². The van der Waals surface area contributed by atoms with E-state index in [9.17, 15) is 18.0 Å². The average Bonchev–Trinajstić information content (AvgIpc) is 2.95. The highest BCUT2D eigenvalue weighted by Gasteiger charge is 2.29. The molecular weight excluding hydrogens is 329 g/mol. The highest BCUT2D eigenvalue weighted by Crippen LogP contribution is 2.27. The zero-order valence-electron chi connectivity index (χ0n) is 12.7. The van der Waals surface area contributed by atoms with Crippen LogP contribution >= 0.6 is 11.8 Å². The maximum Gasteiger partial charge on any atom is 0.422 e. The van der Waals surface area contributed by atoms with Crippen LogP contribution in [0, 0.1) is 5.92 Å². The van der Waals surface area contributed by atoms with E-state index in [1.165, 1.54) is 12.1 Å². The van der Waals surface area contributed by atoms with E-state index in [1.54, 1.807) is 28.8 Å². The van der Waals surface area contributed by atoms with Gasteiger partial charge in [-0.05, 0) is 36.5 Å². The lowest BCUT2D eigenvalue weighted by Crippen LogP contribution is -2.33. The van der Waals surface area contributed by atoms with Gasteiger partial charge in [-0.2, -0.15) is 24.9 Å². The Morgan fingerprint density at radius 2 is 2.17 bits per heavy atom. The van der Waals surface area contributed by atoms with Gasteiger partial charge in [0.1, 0.15) is 5.75 Å². The Balaban J connectivity index is 1.96. The minimum Gasteiger partial charge on any atom is -0.482 e. The predicted octanol–water partition coefficient (Wildman–Crippen LogP) is 3.84. The van der Waals surface area contributed by atoms with Gasteiger partial charge >= 0.3 is 12.2 Å². The quantitative estimate of drug-likeness (QED) is 0.879. The van der Waals surface area contributed by atoms with Crippen LogP contribution in [0.25, 0.3) is 0 Å². The van der Waals surface area contributed by atoms with Crippen molar-refractivity contribution in [2.24, 2.45) is 5.92 Å². The highest BCUT2D eigenvalue weighted by molar-refractivity contribution is 7.98. The maximum atomic E-state index is 12.3. The fourth-order valence-electron chi connectivity index (χ4n) is 2.44. The number of rotatable bonds is 5. The normalized spacial score (nSPS) is 18.1. The maximum absolute atomic E-state index is 12.3. The molecule has 1 saturated heterocycles. The van der Waals surface area contributed by atoms with Gasteiger partial charge in [-0.25, -0.2) is 4.79 Å². The van der Waals surface area contributed by atoms with E-state index >= 15 is 0 Å². The Labute approximate surface area is 137 Å². The van der Waals surface area contributed by atoms with Crippen LogP contribution in [0.3, 0.4) is 0 Å². The van der Waals surface area contributed by atoms with Crippen LogP contribution in [0.15, 0.2) is 24.3 Å². The molecule has 2 rings (SSSR count). The molecule has 1 aliphatic rings. The third-order valence-corrected chi connectivity index (χ3v) is 4.30. The van der Waals surface area contributed by atoms with E-state index in [4.69, 9.17) is 4.74 Å². The number of carbonyl (C=O) groups is 1. The zero-order valence-corrected chi connectivity index (χ0v) is 13.5. The molecule has 1 aromatic carbocycles. The second-order valence-corrected chi connectivity index (χ2v) is 6.30. The third kappa shape index (κ3) is 5.53. The first-order chi connectivity index (χ1) is 10.9. The molecule has 1 fully saturated rings. The molecule has 0 aliphatic carbocycles. The first-order valence-corrected chi connectivity index (χ1v) is 8.62. The molecule has 2 amide bonds. The van der Waals surface area contributed by atoms with Crippen molar-refractivity contribution in [3.8, 4) is 5.75 Å². The van der Waals surface area contributed by atoms with Gasteiger partial charge in [0.25, 0.3) is 0 Å². The Morgan fingerprint density at radius 3 is 2.87 bits per heavy atom.